The van der Waals surface area contributed by atoms with Gasteiger partial charge in [-0.25, -0.2) is 24.3 Å². The fraction of sp³-hybridized carbons (Fsp3) is 0.550. The zero-order valence-corrected chi connectivity index (χ0v) is 25.1. The number of aryl methyl sites for hydroxylation is 1. The lowest BCUT2D eigenvalue weighted by atomic mass is 10.1. The van der Waals surface area contributed by atoms with E-state index in [-0.39, 0.29) is 29.0 Å². The van der Waals surface area contributed by atoms with E-state index in [9.17, 15) is 38.7 Å². The number of nitrogens with one attached hydrogen (secondary N) is 1. The molecule has 10 atom stereocenters. The molecule has 20 nitrogen and oxygen atoms in total. The highest BCUT2D eigenvalue weighted by molar-refractivity contribution is 8.11. The first kappa shape index (κ1) is 32.0. The molecule has 0 radical (unpaired) electrons. The van der Waals surface area contributed by atoms with Crippen LogP contribution in [0.1, 0.15) is 24.4 Å². The minimum Gasteiger partial charge on any atom is -0.394 e. The Labute approximate surface area is 243 Å². The average Bonchev–Trinajstić information content (AvgIpc) is 3.61. The monoisotopic (exact) mass is 667 g/mol. The number of aromatic amines is 1. The fourth-order valence-electron chi connectivity index (χ4n) is 4.75. The van der Waals surface area contributed by atoms with Crippen molar-refractivity contribution in [3.63, 3.8) is 0 Å². The Morgan fingerprint density at radius 2 is 1.91 bits per heavy atom. The first-order valence-corrected chi connectivity index (χ1v) is 17.2. The second kappa shape index (κ2) is 12.2. The quantitative estimate of drug-likeness (QED) is 0.137. The van der Waals surface area contributed by atoms with Crippen molar-refractivity contribution in [1.82, 2.24) is 29.1 Å². The Morgan fingerprint density at radius 1 is 1.16 bits per heavy atom. The van der Waals surface area contributed by atoms with E-state index in [1.165, 1.54) is 24.0 Å². The Morgan fingerprint density at radius 3 is 2.60 bits per heavy atom. The predicted molar refractivity (Wildman–Crippen MR) is 146 cm³/mol. The third-order valence-electron chi connectivity index (χ3n) is 6.73. The molecule has 2 saturated heterocycles. The number of aliphatic hydroxyl groups is 2. The van der Waals surface area contributed by atoms with E-state index in [0.29, 0.717) is 0 Å². The van der Waals surface area contributed by atoms with Gasteiger partial charge in [-0.2, -0.15) is 0 Å². The number of aliphatic hydroxyl groups excluding tert-OH is 2. The number of anilines is 1. The maximum Gasteiger partial charge on any atom is 0.473 e. The summed E-state index contributed by atoms with van der Waals surface area (Å²) in [6, 6.07) is 0. The lowest BCUT2D eigenvalue weighted by molar-refractivity contribution is -0.0543. The number of fused-ring (bicyclic) bond motifs is 1. The molecule has 0 bridgehead atoms. The molecule has 0 aromatic carbocycles. The van der Waals surface area contributed by atoms with Gasteiger partial charge in [0, 0.05) is 18.2 Å². The van der Waals surface area contributed by atoms with Crippen LogP contribution < -0.4 is 17.0 Å². The van der Waals surface area contributed by atoms with Crippen LogP contribution in [0.3, 0.4) is 0 Å². The minimum absolute atomic E-state index is 0.0382. The second-order valence-electron chi connectivity index (χ2n) is 9.71. The third-order valence-corrected chi connectivity index (χ3v) is 8.75. The topological polar surface area (TPSA) is 286 Å². The van der Waals surface area contributed by atoms with Crippen molar-refractivity contribution in [2.75, 3.05) is 18.9 Å². The molecule has 3 aromatic rings. The molecule has 3 aromatic heterocycles. The number of nitrogens with two attached hydrogens (primary N) is 1. The summed E-state index contributed by atoms with van der Waals surface area (Å²) in [6.45, 7) is 0.118. The molecule has 2 aliphatic heterocycles. The Bertz CT molecular complexity index is 1710. The second-order valence-corrected chi connectivity index (χ2v) is 14.4. The highest BCUT2D eigenvalue weighted by atomic mass is 32.1. The molecule has 5 heterocycles. The van der Waals surface area contributed by atoms with Gasteiger partial charge in [0.05, 0.1) is 19.5 Å². The van der Waals surface area contributed by atoms with Crippen molar-refractivity contribution in [3.8, 4) is 0 Å². The van der Waals surface area contributed by atoms with Gasteiger partial charge in [0.25, 0.3) is 5.56 Å². The minimum atomic E-state index is -5.13. The number of nitrogen functional groups attached to an aromatic ring is 1. The molecule has 23 heteroatoms. The number of aromatic nitrogens is 6. The van der Waals surface area contributed by atoms with E-state index in [1.54, 1.807) is 8.93 Å². The average molecular weight is 667 g/mol. The standard InChI is InChI=1S/C20H28N7O13P3/c1-8-3-26(20(31)25-18(8)30)12-2-9(10(4-28)37-12)39-42(32,33)40-15-11(5-36-43(34,35)41)38-19(14(15)29)27-7-24-13-16(21)22-6-23-17(13)27/h3,6-7,9-12,14-15,19,28-29H,2,4-5,41H2,1H3,(H,32,33)(H,34,35)(H2,21,22,23)(H,25,30,31)/t9-,10?,11?,12-,14?,15-,19+/m0/s1. The van der Waals surface area contributed by atoms with Crippen molar-refractivity contribution in [2.24, 2.45) is 0 Å². The largest absolute Gasteiger partial charge is 0.473 e. The van der Waals surface area contributed by atoms with Crippen molar-refractivity contribution in [2.45, 2.75) is 56.3 Å². The van der Waals surface area contributed by atoms with Crippen LogP contribution in [0.25, 0.3) is 11.2 Å². The fourth-order valence-corrected chi connectivity index (χ4v) is 6.55. The molecule has 0 amide bonds. The molecule has 0 aliphatic carbocycles. The van der Waals surface area contributed by atoms with Gasteiger partial charge >= 0.3 is 20.8 Å². The van der Waals surface area contributed by atoms with Crippen LogP contribution in [0.2, 0.25) is 0 Å². The maximum atomic E-state index is 13.2. The molecule has 0 saturated carbocycles. The summed E-state index contributed by atoms with van der Waals surface area (Å²) in [4.78, 5) is 58.5. The van der Waals surface area contributed by atoms with Gasteiger partial charge in [0.15, 0.2) is 17.7 Å². The predicted octanol–water partition coefficient (Wildman–Crippen LogP) is -1.33. The lowest BCUT2D eigenvalue weighted by Gasteiger charge is -2.25. The molecular weight excluding hydrogens is 639 g/mol. The van der Waals surface area contributed by atoms with E-state index in [2.05, 4.69) is 19.9 Å². The molecule has 43 heavy (non-hydrogen) atoms. The van der Waals surface area contributed by atoms with Gasteiger partial charge in [-0.05, 0) is 15.9 Å². The Kier molecular flexibility index (Phi) is 9.04. The van der Waals surface area contributed by atoms with Gasteiger partial charge in [-0.15, -0.1) is 0 Å². The van der Waals surface area contributed by atoms with Crippen LogP contribution in [0.4, 0.5) is 5.82 Å². The van der Waals surface area contributed by atoms with Crippen molar-refractivity contribution in [1.29, 1.82) is 0 Å². The number of ether oxygens (including phenoxy) is 2. The van der Waals surface area contributed by atoms with Crippen LogP contribution in [-0.4, -0.2) is 92.8 Å². The summed E-state index contributed by atoms with van der Waals surface area (Å²) in [6.07, 6.45) is -6.30. The van der Waals surface area contributed by atoms with Crippen LogP contribution >= 0.6 is 24.0 Å². The number of nitrogens with zero attached hydrogens (tertiary/aromatic N) is 5. The van der Waals surface area contributed by atoms with Crippen molar-refractivity contribution in [3.05, 3.63) is 45.3 Å². The van der Waals surface area contributed by atoms with Gasteiger partial charge < -0.3 is 39.7 Å². The van der Waals surface area contributed by atoms with E-state index < -0.39 is 82.5 Å². The Hall–Kier alpha value is -2.44. The van der Waals surface area contributed by atoms with Gasteiger partial charge in [0.2, 0.25) is 0 Å². The SMILES string of the molecule is Cc1cn([C@@H]2C[C@H](OP(=O)(O)O[C@H]3C(COP(=O)(O)P)O[C@@H](n4cnc5c(N)ncnc54)C3O)C(CO)O2)c(=O)[nH]c1=O. The van der Waals surface area contributed by atoms with Gasteiger partial charge in [-0.3, -0.25) is 32.5 Å². The number of rotatable bonds is 10. The molecular formula is C20H28N7O13P3. The van der Waals surface area contributed by atoms with Crippen LogP contribution in [0.15, 0.2) is 28.4 Å². The number of phosphoric acid groups is 1. The summed E-state index contributed by atoms with van der Waals surface area (Å²) < 4.78 is 54.2. The molecule has 2 fully saturated rings. The number of imidazole rings is 1. The molecule has 6 unspecified atom stereocenters. The molecule has 7 N–H and O–H groups in total. The zero-order valence-electron chi connectivity index (χ0n) is 22.1. The van der Waals surface area contributed by atoms with Gasteiger partial charge in [0.1, 0.15) is 48.6 Å². The molecule has 5 rings (SSSR count). The lowest BCUT2D eigenvalue weighted by Crippen LogP contribution is -2.36. The van der Waals surface area contributed by atoms with Crippen molar-refractivity contribution >= 4 is 41.0 Å². The highest BCUT2D eigenvalue weighted by Crippen LogP contribution is 2.54. The number of hydrogen-bond donors (Lipinski definition) is 6. The van der Waals surface area contributed by atoms with Crippen LogP contribution in [-0.2, 0) is 32.2 Å². The summed E-state index contributed by atoms with van der Waals surface area (Å²) in [5.74, 6) is 0.0382. The normalized spacial score (nSPS) is 30.4. The van der Waals surface area contributed by atoms with Gasteiger partial charge in [-0.1, -0.05) is 0 Å². The summed E-state index contributed by atoms with van der Waals surface area (Å²) in [7, 11) is -7.66. The first-order chi connectivity index (χ1) is 20.2. The first-order valence-electron chi connectivity index (χ1n) is 12.5. The maximum absolute atomic E-state index is 13.2. The molecule has 236 valence electrons. The highest BCUT2D eigenvalue weighted by Gasteiger charge is 2.51. The summed E-state index contributed by atoms with van der Waals surface area (Å²) in [5, 5.41) is 21.0. The summed E-state index contributed by atoms with van der Waals surface area (Å²) in [5.41, 5.74) is 4.93. The van der Waals surface area contributed by atoms with Crippen molar-refractivity contribution < 1.29 is 52.2 Å². The van der Waals surface area contributed by atoms with E-state index >= 15 is 0 Å². The number of phosphoric ester groups is 1. The molecule has 2 aliphatic rings. The van der Waals surface area contributed by atoms with Crippen LogP contribution in [0.5, 0.6) is 0 Å². The van der Waals surface area contributed by atoms with E-state index in [4.69, 9.17) is 28.8 Å². The Balaban J connectivity index is 1.37. The summed E-state index contributed by atoms with van der Waals surface area (Å²) >= 11 is 0. The number of H-pyrrole nitrogens is 1. The van der Waals surface area contributed by atoms with E-state index in [1.807, 2.05) is 0 Å². The van der Waals surface area contributed by atoms with Crippen LogP contribution in [0, 0.1) is 6.92 Å². The smallest absolute Gasteiger partial charge is 0.394 e. The van der Waals surface area contributed by atoms with E-state index in [0.717, 1.165) is 10.9 Å². The number of hydrogen-bond acceptors (Lipinski definition) is 15. The molecule has 0 spiro atoms. The zero-order chi connectivity index (χ0) is 31.3. The third kappa shape index (κ3) is 6.81.